The Morgan fingerprint density at radius 3 is 2.85 bits per heavy atom. The van der Waals surface area contributed by atoms with Crippen LogP contribution in [0.25, 0.3) is 11.0 Å². The van der Waals surface area contributed by atoms with Gasteiger partial charge in [-0.15, -0.1) is 0 Å². The van der Waals surface area contributed by atoms with Gasteiger partial charge in [-0.05, 0) is 19.1 Å². The Hall–Kier alpha value is -3.10. The number of aromatic amines is 1. The molecule has 0 aliphatic carbocycles. The first kappa shape index (κ1) is 16.4. The minimum absolute atomic E-state index is 0.0165. The first-order chi connectivity index (χ1) is 12.5. The first-order valence-electron chi connectivity index (χ1n) is 7.96. The molecule has 0 atom stereocenters. The van der Waals surface area contributed by atoms with Crippen LogP contribution in [0.3, 0.4) is 0 Å². The molecular weight excluding hydrogens is 349 g/mol. The summed E-state index contributed by atoms with van der Waals surface area (Å²) in [5.74, 6) is 1.53. The number of halogens is 3. The van der Waals surface area contributed by atoms with Crippen LogP contribution < -0.4 is 20.1 Å². The van der Waals surface area contributed by atoms with Gasteiger partial charge in [0.05, 0.1) is 16.6 Å². The van der Waals surface area contributed by atoms with E-state index in [1.807, 2.05) is 6.92 Å². The Kier molecular flexibility index (Phi) is 3.78. The van der Waals surface area contributed by atoms with E-state index in [-0.39, 0.29) is 17.8 Å². The average Bonchev–Trinajstić information content (AvgIpc) is 3.21. The average molecular weight is 364 g/mol. The van der Waals surface area contributed by atoms with Gasteiger partial charge in [0.25, 0.3) is 0 Å². The topological polar surface area (TPSA) is 71.2 Å². The third kappa shape index (κ3) is 2.75. The molecule has 0 saturated heterocycles. The van der Waals surface area contributed by atoms with Crippen LogP contribution in [0.4, 0.5) is 30.4 Å². The lowest BCUT2D eigenvalue weighted by atomic mass is 10.1. The van der Waals surface area contributed by atoms with Crippen molar-refractivity contribution < 1.29 is 22.6 Å². The van der Waals surface area contributed by atoms with Gasteiger partial charge in [0.1, 0.15) is 11.5 Å². The van der Waals surface area contributed by atoms with Crippen LogP contribution >= 0.6 is 0 Å². The Morgan fingerprint density at radius 1 is 1.23 bits per heavy atom. The number of benzene rings is 1. The predicted molar refractivity (Wildman–Crippen MR) is 91.1 cm³/mol. The van der Waals surface area contributed by atoms with E-state index in [1.165, 1.54) is 0 Å². The van der Waals surface area contributed by atoms with Crippen molar-refractivity contribution in [2.75, 3.05) is 24.0 Å². The summed E-state index contributed by atoms with van der Waals surface area (Å²) in [6.45, 7) is 2.40. The molecule has 3 N–H and O–H groups in total. The number of hydrogen-bond donors (Lipinski definition) is 3. The number of hydrogen-bond acceptors (Lipinski definition) is 5. The van der Waals surface area contributed by atoms with Crippen molar-refractivity contribution in [3.63, 3.8) is 0 Å². The summed E-state index contributed by atoms with van der Waals surface area (Å²) in [5, 5.41) is 6.07. The number of nitrogens with zero attached hydrogens (tertiary/aromatic N) is 1. The van der Waals surface area contributed by atoms with Crippen molar-refractivity contribution >= 4 is 28.2 Å². The molecule has 0 spiro atoms. The van der Waals surface area contributed by atoms with E-state index in [2.05, 4.69) is 20.6 Å². The molecule has 2 aromatic heterocycles. The third-order valence-electron chi connectivity index (χ3n) is 3.97. The normalized spacial score (nSPS) is 13.2. The maximum absolute atomic E-state index is 13.2. The second-order valence-electron chi connectivity index (χ2n) is 5.67. The fourth-order valence-corrected chi connectivity index (χ4v) is 2.92. The van der Waals surface area contributed by atoms with Crippen LogP contribution in [0.5, 0.6) is 11.5 Å². The van der Waals surface area contributed by atoms with Crippen molar-refractivity contribution in [1.29, 1.82) is 0 Å². The van der Waals surface area contributed by atoms with Gasteiger partial charge < -0.3 is 25.1 Å². The van der Waals surface area contributed by atoms with Crippen LogP contribution in [0.15, 0.2) is 30.5 Å². The molecule has 3 heterocycles. The van der Waals surface area contributed by atoms with Gasteiger partial charge in [-0.25, -0.2) is 4.98 Å². The van der Waals surface area contributed by atoms with Crippen molar-refractivity contribution in [1.82, 2.24) is 9.97 Å². The highest BCUT2D eigenvalue weighted by Gasteiger charge is 2.35. The number of para-hydroxylation sites is 1. The molecule has 0 saturated carbocycles. The van der Waals surface area contributed by atoms with Gasteiger partial charge in [-0.2, -0.15) is 13.2 Å². The van der Waals surface area contributed by atoms with Crippen LogP contribution in [0.1, 0.15) is 12.5 Å². The van der Waals surface area contributed by atoms with Crippen molar-refractivity contribution in [3.05, 3.63) is 36.0 Å². The Bertz CT molecular complexity index is 969. The van der Waals surface area contributed by atoms with Gasteiger partial charge in [0.2, 0.25) is 6.79 Å². The molecule has 0 radical (unpaired) electrons. The second kappa shape index (κ2) is 6.01. The maximum Gasteiger partial charge on any atom is 0.418 e. The van der Waals surface area contributed by atoms with Crippen LogP contribution in [0.2, 0.25) is 0 Å². The second-order valence-corrected chi connectivity index (χ2v) is 5.67. The predicted octanol–water partition coefficient (Wildman–Crippen LogP) is 4.49. The fraction of sp³-hybridized carbons (Fsp3) is 0.235. The lowest BCUT2D eigenvalue weighted by Gasteiger charge is -2.13. The number of nitrogens with one attached hydrogen (secondary N) is 3. The summed E-state index contributed by atoms with van der Waals surface area (Å²) in [7, 11) is 0. The van der Waals surface area contributed by atoms with E-state index in [4.69, 9.17) is 9.47 Å². The van der Waals surface area contributed by atoms with E-state index in [9.17, 15) is 13.2 Å². The van der Waals surface area contributed by atoms with Gasteiger partial charge in [0, 0.05) is 24.5 Å². The highest BCUT2D eigenvalue weighted by atomic mass is 19.4. The lowest BCUT2D eigenvalue weighted by molar-refractivity contribution is -0.136. The molecule has 1 aromatic carbocycles. The summed E-state index contributed by atoms with van der Waals surface area (Å²) >= 11 is 0. The minimum atomic E-state index is -4.47. The zero-order valence-corrected chi connectivity index (χ0v) is 13.7. The van der Waals surface area contributed by atoms with Gasteiger partial charge in [-0.1, -0.05) is 6.07 Å². The molecule has 0 bridgehead atoms. The number of H-pyrrole nitrogens is 1. The molecule has 0 amide bonds. The Labute approximate surface area is 146 Å². The van der Waals surface area contributed by atoms with E-state index in [1.54, 1.807) is 24.3 Å². The first-order valence-corrected chi connectivity index (χ1v) is 7.96. The van der Waals surface area contributed by atoms with Crippen LogP contribution in [0, 0.1) is 0 Å². The molecule has 1 aliphatic rings. The molecule has 26 heavy (non-hydrogen) atoms. The molecule has 0 unspecified atom stereocenters. The van der Waals surface area contributed by atoms with Crippen LogP contribution in [-0.4, -0.2) is 23.3 Å². The number of ether oxygens (including phenoxy) is 2. The van der Waals surface area contributed by atoms with Crippen molar-refractivity contribution in [3.8, 4) is 11.5 Å². The number of pyridine rings is 1. The van der Waals surface area contributed by atoms with Crippen LogP contribution in [-0.2, 0) is 6.18 Å². The standard InChI is InChI=1S/C17H15F3N4O2/c1-2-21-11-6-13(23-10-4-3-5-12-15(10)26-8-25-12)24-16-14(11)9(7-22-16)17(18,19)20/h3-7H,2,8H2,1H3,(H3,21,22,23,24). The summed E-state index contributed by atoms with van der Waals surface area (Å²) < 4.78 is 50.5. The minimum Gasteiger partial charge on any atom is -0.454 e. The maximum atomic E-state index is 13.2. The van der Waals surface area contributed by atoms with E-state index < -0.39 is 11.7 Å². The SMILES string of the molecule is CCNc1cc(Nc2cccc3c2OCO3)nc2[nH]cc(C(F)(F)F)c12. The largest absolute Gasteiger partial charge is 0.454 e. The molecule has 9 heteroatoms. The summed E-state index contributed by atoms with van der Waals surface area (Å²) in [6.07, 6.45) is -3.54. The van der Waals surface area contributed by atoms with Gasteiger partial charge in [0.15, 0.2) is 11.5 Å². The number of aromatic nitrogens is 2. The Balaban J connectivity index is 1.79. The number of alkyl halides is 3. The quantitative estimate of drug-likeness (QED) is 0.636. The molecule has 136 valence electrons. The van der Waals surface area contributed by atoms with E-state index in [0.717, 1.165) is 6.20 Å². The van der Waals surface area contributed by atoms with Crippen molar-refractivity contribution in [2.45, 2.75) is 13.1 Å². The molecule has 4 rings (SSSR count). The summed E-state index contributed by atoms with van der Waals surface area (Å²) in [6, 6.07) is 6.89. The summed E-state index contributed by atoms with van der Waals surface area (Å²) in [4.78, 5) is 6.87. The Morgan fingerprint density at radius 2 is 2.08 bits per heavy atom. The number of anilines is 3. The lowest BCUT2D eigenvalue weighted by Crippen LogP contribution is -2.06. The fourth-order valence-electron chi connectivity index (χ4n) is 2.92. The molecule has 0 fully saturated rings. The zero-order valence-electron chi connectivity index (χ0n) is 13.7. The molecular formula is C17H15F3N4O2. The molecule has 6 nitrogen and oxygen atoms in total. The molecule has 3 aromatic rings. The smallest absolute Gasteiger partial charge is 0.418 e. The highest BCUT2D eigenvalue weighted by molar-refractivity contribution is 5.95. The zero-order chi connectivity index (χ0) is 18.3. The van der Waals surface area contributed by atoms with Crippen molar-refractivity contribution in [2.24, 2.45) is 0 Å². The third-order valence-corrected chi connectivity index (χ3v) is 3.97. The van der Waals surface area contributed by atoms with E-state index in [0.29, 0.717) is 35.2 Å². The number of fused-ring (bicyclic) bond motifs is 2. The van der Waals surface area contributed by atoms with Gasteiger partial charge in [-0.3, -0.25) is 0 Å². The van der Waals surface area contributed by atoms with Gasteiger partial charge >= 0.3 is 6.18 Å². The monoisotopic (exact) mass is 364 g/mol. The summed E-state index contributed by atoms with van der Waals surface area (Å²) in [5.41, 5.74) is 0.359. The number of rotatable bonds is 4. The molecule has 1 aliphatic heterocycles. The highest BCUT2D eigenvalue weighted by Crippen LogP contribution is 2.42. The van der Waals surface area contributed by atoms with E-state index >= 15 is 0 Å².